The van der Waals surface area contributed by atoms with Gasteiger partial charge in [-0.15, -0.1) is 0 Å². The summed E-state index contributed by atoms with van der Waals surface area (Å²) >= 11 is 0. The van der Waals surface area contributed by atoms with Crippen molar-refractivity contribution in [2.45, 2.75) is 13.0 Å². The molecule has 1 aliphatic carbocycles. The van der Waals surface area contributed by atoms with Crippen LogP contribution in [0, 0.1) is 0 Å². The van der Waals surface area contributed by atoms with Gasteiger partial charge in [0.05, 0.1) is 6.04 Å². The number of Topliss-reactive ketones (excluding diaryl/α,β-unsaturated/α-hetero) is 1. The third-order valence-corrected chi connectivity index (χ3v) is 1.37. The maximum Gasteiger partial charge on any atom is 0.287 e. The second-order valence-corrected chi connectivity index (χ2v) is 2.33. The second kappa shape index (κ2) is 3.14. The van der Waals surface area contributed by atoms with Gasteiger partial charge in [-0.1, -0.05) is 24.3 Å². The molecule has 0 aromatic carbocycles. The average Bonchev–Trinajstić information content (AvgIpc) is 2.39. The zero-order valence-electron chi connectivity index (χ0n) is 6.20. The van der Waals surface area contributed by atoms with Crippen molar-refractivity contribution in [2.24, 2.45) is 0 Å². The van der Waals surface area contributed by atoms with Crippen molar-refractivity contribution in [3.8, 4) is 0 Å². The van der Waals surface area contributed by atoms with E-state index in [-0.39, 0.29) is 6.04 Å². The molecule has 0 aromatic rings. The SMILES string of the molecule is CC(=O)C(=O)NC1C=CC=C1. The molecule has 0 saturated carbocycles. The normalized spacial score (nSPS) is 15.4. The molecule has 11 heavy (non-hydrogen) atoms. The lowest BCUT2D eigenvalue weighted by Gasteiger charge is -2.05. The smallest absolute Gasteiger partial charge is 0.287 e. The van der Waals surface area contributed by atoms with Gasteiger partial charge < -0.3 is 5.32 Å². The van der Waals surface area contributed by atoms with E-state index < -0.39 is 11.7 Å². The zero-order chi connectivity index (χ0) is 8.27. The standard InChI is InChI=1S/C8H9NO2/c1-6(10)8(11)9-7-4-2-3-5-7/h2-5,7H,1H3,(H,9,11). The molecular weight excluding hydrogens is 142 g/mol. The first-order valence-corrected chi connectivity index (χ1v) is 3.36. The van der Waals surface area contributed by atoms with E-state index in [1.165, 1.54) is 6.92 Å². The summed E-state index contributed by atoms with van der Waals surface area (Å²) in [5, 5.41) is 2.52. The molecule has 58 valence electrons. The van der Waals surface area contributed by atoms with E-state index in [0.29, 0.717) is 0 Å². The van der Waals surface area contributed by atoms with Crippen LogP contribution in [0.1, 0.15) is 6.92 Å². The fourth-order valence-corrected chi connectivity index (χ4v) is 0.781. The molecule has 0 aliphatic heterocycles. The predicted molar refractivity (Wildman–Crippen MR) is 40.9 cm³/mol. The topological polar surface area (TPSA) is 46.2 Å². The van der Waals surface area contributed by atoms with Gasteiger partial charge in [-0.3, -0.25) is 9.59 Å². The van der Waals surface area contributed by atoms with E-state index in [4.69, 9.17) is 0 Å². The number of allylic oxidation sites excluding steroid dienone is 2. The first-order valence-electron chi connectivity index (χ1n) is 3.36. The molecule has 0 atom stereocenters. The van der Waals surface area contributed by atoms with E-state index in [2.05, 4.69) is 5.32 Å². The minimum absolute atomic E-state index is 0.105. The van der Waals surface area contributed by atoms with Gasteiger partial charge in [-0.05, 0) is 0 Å². The van der Waals surface area contributed by atoms with Crippen LogP contribution in [-0.2, 0) is 9.59 Å². The minimum Gasteiger partial charge on any atom is -0.340 e. The van der Waals surface area contributed by atoms with Crippen molar-refractivity contribution in [1.29, 1.82) is 0 Å². The Morgan fingerprint density at radius 2 is 1.82 bits per heavy atom. The molecule has 0 radical (unpaired) electrons. The van der Waals surface area contributed by atoms with Crippen molar-refractivity contribution in [1.82, 2.24) is 5.32 Å². The quantitative estimate of drug-likeness (QED) is 0.572. The Bertz CT molecular complexity index is 228. The molecule has 1 amide bonds. The third kappa shape index (κ3) is 2.04. The molecule has 1 rings (SSSR count). The number of hydrogen-bond acceptors (Lipinski definition) is 2. The monoisotopic (exact) mass is 151 g/mol. The maximum atomic E-state index is 10.8. The van der Waals surface area contributed by atoms with E-state index in [9.17, 15) is 9.59 Å². The van der Waals surface area contributed by atoms with E-state index in [1.54, 1.807) is 12.2 Å². The highest BCUT2D eigenvalue weighted by Crippen LogP contribution is 1.98. The Labute approximate surface area is 64.8 Å². The van der Waals surface area contributed by atoms with Crippen LogP contribution in [0.15, 0.2) is 24.3 Å². The molecule has 3 nitrogen and oxygen atoms in total. The lowest BCUT2D eigenvalue weighted by atomic mass is 10.3. The third-order valence-electron chi connectivity index (χ3n) is 1.37. The largest absolute Gasteiger partial charge is 0.340 e. The number of rotatable bonds is 2. The summed E-state index contributed by atoms with van der Waals surface area (Å²) in [5.41, 5.74) is 0. The molecule has 0 aromatic heterocycles. The molecule has 0 heterocycles. The summed E-state index contributed by atoms with van der Waals surface area (Å²) in [6.45, 7) is 1.25. The van der Waals surface area contributed by atoms with Crippen LogP contribution in [0.2, 0.25) is 0 Å². The van der Waals surface area contributed by atoms with E-state index >= 15 is 0 Å². The summed E-state index contributed by atoms with van der Waals surface area (Å²) in [5.74, 6) is -0.995. The van der Waals surface area contributed by atoms with Crippen LogP contribution >= 0.6 is 0 Å². The van der Waals surface area contributed by atoms with Gasteiger partial charge >= 0.3 is 0 Å². The van der Waals surface area contributed by atoms with Crippen LogP contribution in [0.3, 0.4) is 0 Å². The summed E-state index contributed by atoms with van der Waals surface area (Å²) in [7, 11) is 0. The molecule has 3 heteroatoms. The summed E-state index contributed by atoms with van der Waals surface area (Å²) in [6, 6.07) is -0.105. The van der Waals surface area contributed by atoms with Crippen molar-refractivity contribution < 1.29 is 9.59 Å². The zero-order valence-corrected chi connectivity index (χ0v) is 6.20. The van der Waals surface area contributed by atoms with Crippen molar-refractivity contribution in [3.05, 3.63) is 24.3 Å². The van der Waals surface area contributed by atoms with Gasteiger partial charge in [-0.2, -0.15) is 0 Å². The number of ketones is 1. The van der Waals surface area contributed by atoms with Crippen LogP contribution in [0.25, 0.3) is 0 Å². The highest BCUT2D eigenvalue weighted by atomic mass is 16.2. The van der Waals surface area contributed by atoms with Gasteiger partial charge in [-0.25, -0.2) is 0 Å². The van der Waals surface area contributed by atoms with Gasteiger partial charge in [0.2, 0.25) is 5.78 Å². The van der Waals surface area contributed by atoms with Crippen LogP contribution < -0.4 is 5.32 Å². The minimum atomic E-state index is -0.536. The van der Waals surface area contributed by atoms with E-state index in [1.807, 2.05) is 12.2 Å². The van der Waals surface area contributed by atoms with Crippen LogP contribution in [0.4, 0.5) is 0 Å². The molecule has 0 spiro atoms. The highest BCUT2D eigenvalue weighted by Gasteiger charge is 2.11. The lowest BCUT2D eigenvalue weighted by molar-refractivity contribution is -0.136. The van der Waals surface area contributed by atoms with Crippen LogP contribution in [-0.4, -0.2) is 17.7 Å². The number of nitrogens with one attached hydrogen (secondary N) is 1. The molecule has 0 unspecified atom stereocenters. The molecule has 0 fully saturated rings. The Balaban J connectivity index is 2.43. The summed E-state index contributed by atoms with van der Waals surface area (Å²) in [6.07, 6.45) is 7.26. The fraction of sp³-hybridized carbons (Fsp3) is 0.250. The molecule has 0 bridgehead atoms. The maximum absolute atomic E-state index is 10.8. The average molecular weight is 151 g/mol. The van der Waals surface area contributed by atoms with Crippen molar-refractivity contribution in [2.75, 3.05) is 0 Å². The first kappa shape index (κ1) is 7.72. The molecular formula is C8H9NO2. The van der Waals surface area contributed by atoms with Crippen molar-refractivity contribution in [3.63, 3.8) is 0 Å². The summed E-state index contributed by atoms with van der Waals surface area (Å²) in [4.78, 5) is 21.2. The fourth-order valence-electron chi connectivity index (χ4n) is 0.781. The van der Waals surface area contributed by atoms with Gasteiger partial charge in [0.1, 0.15) is 0 Å². The number of carbonyl (C=O) groups excluding carboxylic acids is 2. The number of hydrogen-bond donors (Lipinski definition) is 1. The van der Waals surface area contributed by atoms with Crippen LogP contribution in [0.5, 0.6) is 0 Å². The molecule has 1 N–H and O–H groups in total. The van der Waals surface area contributed by atoms with E-state index in [0.717, 1.165) is 0 Å². The Kier molecular flexibility index (Phi) is 2.21. The lowest BCUT2D eigenvalue weighted by Crippen LogP contribution is -2.35. The molecule has 0 saturated heterocycles. The highest BCUT2D eigenvalue weighted by molar-refractivity contribution is 6.35. The number of carbonyl (C=O) groups is 2. The first-order chi connectivity index (χ1) is 5.20. The predicted octanol–water partition coefficient (Wildman–Crippen LogP) is 0.186. The van der Waals surface area contributed by atoms with Gasteiger partial charge in [0.25, 0.3) is 5.91 Å². The van der Waals surface area contributed by atoms with Crippen molar-refractivity contribution >= 4 is 11.7 Å². The number of amides is 1. The van der Waals surface area contributed by atoms with Gasteiger partial charge in [0.15, 0.2) is 0 Å². The van der Waals surface area contributed by atoms with Gasteiger partial charge in [0, 0.05) is 6.92 Å². The summed E-state index contributed by atoms with van der Waals surface area (Å²) < 4.78 is 0. The molecule has 1 aliphatic rings. The second-order valence-electron chi connectivity index (χ2n) is 2.33. The Hall–Kier alpha value is -1.38. The Morgan fingerprint density at radius 1 is 1.27 bits per heavy atom. The Morgan fingerprint density at radius 3 is 2.27 bits per heavy atom.